The fraction of sp³-hybridized carbons (Fsp3) is 0.500. The third kappa shape index (κ3) is 7.30. The lowest BCUT2D eigenvalue weighted by atomic mass is 10.3. The lowest BCUT2D eigenvalue weighted by Gasteiger charge is -2.14. The van der Waals surface area contributed by atoms with E-state index in [4.69, 9.17) is 0 Å². The molecule has 5 nitrogen and oxygen atoms in total. The largest absolute Gasteiger partial charge is 0.573 e. The average molecular weight is 363 g/mol. The van der Waals surface area contributed by atoms with Crippen molar-refractivity contribution in [2.45, 2.75) is 31.1 Å². The molecule has 22 heavy (non-hydrogen) atoms. The summed E-state index contributed by atoms with van der Waals surface area (Å²) in [6.07, 6.45) is -4.87. The van der Waals surface area contributed by atoms with Gasteiger partial charge in [0, 0.05) is 18.7 Å². The lowest BCUT2D eigenvalue weighted by Crippen LogP contribution is -2.38. The lowest BCUT2D eigenvalue weighted by molar-refractivity contribution is -0.274. The maximum absolute atomic E-state index is 12.1. The topological polar surface area (TPSA) is 67.4 Å². The smallest absolute Gasteiger partial charge is 0.406 e. The molecule has 0 amide bonds. The van der Waals surface area contributed by atoms with Crippen LogP contribution in [-0.4, -0.2) is 33.9 Å². The molecular weight excluding hydrogens is 345 g/mol. The van der Waals surface area contributed by atoms with Gasteiger partial charge in [-0.05, 0) is 25.6 Å². The molecule has 0 unspecified atom stereocenters. The normalized spacial score (nSPS) is 13.3. The highest BCUT2D eigenvalue weighted by atomic mass is 35.5. The van der Waals surface area contributed by atoms with Crippen LogP contribution in [0.25, 0.3) is 0 Å². The second kappa shape index (κ2) is 8.56. The highest BCUT2D eigenvalue weighted by Gasteiger charge is 2.31. The number of likely N-dealkylation sites (N-methyl/N-ethyl adjacent to an activating group) is 1. The molecule has 0 spiro atoms. The summed E-state index contributed by atoms with van der Waals surface area (Å²) in [6.45, 7) is 4.47. The van der Waals surface area contributed by atoms with Crippen molar-refractivity contribution < 1.29 is 26.3 Å². The van der Waals surface area contributed by atoms with Crippen molar-refractivity contribution in [2.75, 3.05) is 13.1 Å². The molecule has 0 bridgehead atoms. The highest BCUT2D eigenvalue weighted by Crippen LogP contribution is 2.24. The quantitative estimate of drug-likeness (QED) is 0.781. The second-order valence-corrected chi connectivity index (χ2v) is 6.10. The first kappa shape index (κ1) is 21.0. The first-order valence-corrected chi connectivity index (χ1v) is 7.71. The molecule has 0 aliphatic carbocycles. The molecule has 1 rings (SSSR count). The minimum absolute atomic E-state index is 0. The van der Waals surface area contributed by atoms with Crippen LogP contribution < -0.4 is 14.8 Å². The summed E-state index contributed by atoms with van der Waals surface area (Å²) in [6, 6.07) is 4.15. The molecule has 0 saturated heterocycles. The molecule has 0 aromatic heterocycles. The van der Waals surface area contributed by atoms with Crippen molar-refractivity contribution in [3.63, 3.8) is 0 Å². The molecule has 2 N–H and O–H groups in total. The molecular formula is C12H18ClF3N2O3S. The third-order valence-corrected chi connectivity index (χ3v) is 3.90. The number of rotatable bonds is 7. The van der Waals surface area contributed by atoms with Gasteiger partial charge in [0.05, 0.1) is 4.90 Å². The fourth-order valence-corrected chi connectivity index (χ4v) is 2.74. The van der Waals surface area contributed by atoms with E-state index >= 15 is 0 Å². The van der Waals surface area contributed by atoms with Crippen LogP contribution in [0.15, 0.2) is 29.2 Å². The molecule has 0 fully saturated rings. The van der Waals surface area contributed by atoms with Crippen LogP contribution in [0.1, 0.15) is 13.8 Å². The van der Waals surface area contributed by atoms with Crippen molar-refractivity contribution in [1.29, 1.82) is 0 Å². The van der Waals surface area contributed by atoms with Gasteiger partial charge in [-0.2, -0.15) is 0 Å². The van der Waals surface area contributed by atoms with Gasteiger partial charge in [0.15, 0.2) is 0 Å². The van der Waals surface area contributed by atoms with Crippen LogP contribution in [0.4, 0.5) is 13.2 Å². The molecule has 1 aromatic rings. The summed E-state index contributed by atoms with van der Waals surface area (Å²) >= 11 is 0. The van der Waals surface area contributed by atoms with Gasteiger partial charge in [0.2, 0.25) is 10.0 Å². The molecule has 1 aromatic carbocycles. The Morgan fingerprint density at radius 3 is 2.50 bits per heavy atom. The van der Waals surface area contributed by atoms with Crippen molar-refractivity contribution in [1.82, 2.24) is 10.0 Å². The Bertz CT molecular complexity index is 567. The number of hydrogen-bond acceptors (Lipinski definition) is 4. The van der Waals surface area contributed by atoms with Gasteiger partial charge in [-0.3, -0.25) is 0 Å². The van der Waals surface area contributed by atoms with Crippen LogP contribution in [0, 0.1) is 0 Å². The van der Waals surface area contributed by atoms with Gasteiger partial charge in [-0.1, -0.05) is 13.0 Å². The molecule has 0 aliphatic rings. The first-order valence-electron chi connectivity index (χ1n) is 6.23. The van der Waals surface area contributed by atoms with E-state index in [1.165, 1.54) is 12.1 Å². The Hall–Kier alpha value is -1.03. The molecule has 0 saturated carbocycles. The predicted octanol–water partition coefficient (Wildman–Crippen LogP) is 2.28. The summed E-state index contributed by atoms with van der Waals surface area (Å²) in [4.78, 5) is -0.284. The predicted molar refractivity (Wildman–Crippen MR) is 78.7 cm³/mol. The van der Waals surface area contributed by atoms with Crippen molar-refractivity contribution in [3.05, 3.63) is 24.3 Å². The van der Waals surface area contributed by atoms with E-state index in [2.05, 4.69) is 14.8 Å². The molecule has 0 heterocycles. The summed E-state index contributed by atoms with van der Waals surface area (Å²) in [5, 5.41) is 3.01. The van der Waals surface area contributed by atoms with E-state index in [0.717, 1.165) is 12.1 Å². The maximum Gasteiger partial charge on any atom is 0.573 e. The summed E-state index contributed by atoms with van der Waals surface area (Å²) < 4.78 is 66.3. The van der Waals surface area contributed by atoms with Gasteiger partial charge >= 0.3 is 6.36 Å². The number of benzene rings is 1. The molecule has 0 radical (unpaired) electrons. The van der Waals surface area contributed by atoms with Gasteiger partial charge < -0.3 is 10.1 Å². The minimum Gasteiger partial charge on any atom is -0.406 e. The first-order chi connectivity index (χ1) is 9.64. The van der Waals surface area contributed by atoms with E-state index < -0.39 is 22.1 Å². The number of nitrogens with one attached hydrogen (secondary N) is 2. The summed E-state index contributed by atoms with van der Waals surface area (Å²) in [5.41, 5.74) is 0. The van der Waals surface area contributed by atoms with Crippen molar-refractivity contribution in [2.24, 2.45) is 0 Å². The number of hydrogen-bond donors (Lipinski definition) is 2. The van der Waals surface area contributed by atoms with E-state index in [0.29, 0.717) is 6.54 Å². The summed E-state index contributed by atoms with van der Waals surface area (Å²) in [7, 11) is -3.89. The second-order valence-electron chi connectivity index (χ2n) is 4.33. The number of ether oxygens (including phenoxy) is 1. The maximum atomic E-state index is 12.1. The minimum atomic E-state index is -4.87. The molecule has 0 aliphatic heterocycles. The van der Waals surface area contributed by atoms with Crippen LogP contribution in [-0.2, 0) is 10.0 Å². The van der Waals surface area contributed by atoms with Crippen molar-refractivity contribution in [3.8, 4) is 5.75 Å². The van der Waals surface area contributed by atoms with Gasteiger partial charge in [0.25, 0.3) is 0 Å². The van der Waals surface area contributed by atoms with E-state index in [1.807, 2.05) is 6.92 Å². The van der Waals surface area contributed by atoms with Gasteiger partial charge in [-0.25, -0.2) is 13.1 Å². The van der Waals surface area contributed by atoms with Crippen LogP contribution in [0.3, 0.4) is 0 Å². The van der Waals surface area contributed by atoms with Crippen molar-refractivity contribution >= 4 is 22.4 Å². The Kier molecular flexibility index (Phi) is 8.16. The number of sulfonamides is 1. The highest BCUT2D eigenvalue weighted by molar-refractivity contribution is 7.89. The Morgan fingerprint density at radius 1 is 1.32 bits per heavy atom. The van der Waals surface area contributed by atoms with Gasteiger partial charge in [0.1, 0.15) is 5.75 Å². The number of alkyl halides is 3. The average Bonchev–Trinajstić information content (AvgIpc) is 2.35. The summed E-state index contributed by atoms with van der Waals surface area (Å²) in [5.74, 6) is -0.579. The third-order valence-electron chi connectivity index (χ3n) is 2.48. The van der Waals surface area contributed by atoms with E-state index in [1.54, 1.807) is 6.92 Å². The fourth-order valence-electron chi connectivity index (χ4n) is 1.58. The molecule has 128 valence electrons. The standard InChI is InChI=1S/C12H17F3N2O3S.ClH/c1-3-16-9(2)8-17-21(18,19)11-6-4-5-10(7-11)20-12(13,14)15;/h4-7,9,16-17H,3,8H2,1-2H3;1H/t9-;/m1./s1. The van der Waals surface area contributed by atoms with E-state index in [9.17, 15) is 21.6 Å². The Balaban J connectivity index is 0.00000441. The molecule has 10 heteroatoms. The van der Waals surface area contributed by atoms with Gasteiger partial charge in [-0.15, -0.1) is 25.6 Å². The monoisotopic (exact) mass is 362 g/mol. The number of halogens is 4. The van der Waals surface area contributed by atoms with Crippen LogP contribution in [0.2, 0.25) is 0 Å². The zero-order valence-corrected chi connectivity index (χ0v) is 13.6. The Labute approximate surface area is 133 Å². The SMILES string of the molecule is CCN[C@H](C)CNS(=O)(=O)c1cccc(OC(F)(F)F)c1.Cl. The zero-order chi connectivity index (χ0) is 16.1. The zero-order valence-electron chi connectivity index (χ0n) is 12.0. The van der Waals surface area contributed by atoms with Crippen LogP contribution in [0.5, 0.6) is 5.75 Å². The van der Waals surface area contributed by atoms with E-state index in [-0.39, 0.29) is 29.9 Å². The van der Waals surface area contributed by atoms with Crippen LogP contribution >= 0.6 is 12.4 Å². The molecule has 1 atom stereocenters. The Morgan fingerprint density at radius 2 is 1.95 bits per heavy atom.